The zero-order valence-electron chi connectivity index (χ0n) is 9.07. The molecule has 4 heteroatoms. The molecule has 0 aromatic carbocycles. The summed E-state index contributed by atoms with van der Waals surface area (Å²) in [6.45, 7) is 7.04. The Morgan fingerprint density at radius 3 is 2.57 bits per heavy atom. The van der Waals surface area contributed by atoms with Crippen LogP contribution >= 0.6 is 0 Å². The fraction of sp³-hybridized carbons (Fsp3) is 0.800. The van der Waals surface area contributed by atoms with Crippen LogP contribution in [0.15, 0.2) is 0 Å². The van der Waals surface area contributed by atoms with Crippen LogP contribution in [0.3, 0.4) is 0 Å². The van der Waals surface area contributed by atoms with E-state index in [4.69, 9.17) is 5.73 Å². The van der Waals surface area contributed by atoms with Gasteiger partial charge in [-0.25, -0.2) is 0 Å². The predicted octanol–water partition coefficient (Wildman–Crippen LogP) is 1.44. The van der Waals surface area contributed by atoms with Crippen LogP contribution < -0.4 is 5.73 Å². The highest BCUT2D eigenvalue weighted by atomic mass is 15.3. The first-order chi connectivity index (χ1) is 6.65. The van der Waals surface area contributed by atoms with E-state index in [0.717, 1.165) is 17.6 Å². The first-order valence-electron chi connectivity index (χ1n) is 5.28. The zero-order chi connectivity index (χ0) is 10.3. The van der Waals surface area contributed by atoms with E-state index in [9.17, 15) is 0 Å². The first kappa shape index (κ1) is 9.65. The Bertz CT molecular complexity index is 329. The molecule has 78 valence electrons. The average molecular weight is 194 g/mol. The lowest BCUT2D eigenvalue weighted by atomic mass is 10.3. The molecule has 0 bridgehead atoms. The van der Waals surface area contributed by atoms with Crippen LogP contribution in [0.4, 0.5) is 0 Å². The summed E-state index contributed by atoms with van der Waals surface area (Å²) in [4.78, 5) is 0. The van der Waals surface area contributed by atoms with Crippen LogP contribution in [0.5, 0.6) is 0 Å². The van der Waals surface area contributed by atoms with Gasteiger partial charge in [-0.3, -0.25) is 0 Å². The maximum Gasteiger partial charge on any atom is 0.147 e. The van der Waals surface area contributed by atoms with Crippen molar-refractivity contribution in [1.29, 1.82) is 0 Å². The van der Waals surface area contributed by atoms with Gasteiger partial charge in [0.05, 0.1) is 6.54 Å². The van der Waals surface area contributed by atoms with Gasteiger partial charge in [-0.15, -0.1) is 10.2 Å². The molecule has 1 aliphatic carbocycles. The Kier molecular flexibility index (Phi) is 2.31. The second-order valence-corrected chi connectivity index (χ2v) is 4.46. The Hall–Kier alpha value is -0.900. The highest BCUT2D eigenvalue weighted by Gasteiger charge is 2.38. The molecule has 0 radical (unpaired) electrons. The van der Waals surface area contributed by atoms with Gasteiger partial charge < -0.3 is 10.3 Å². The summed E-state index contributed by atoms with van der Waals surface area (Å²) >= 11 is 0. The van der Waals surface area contributed by atoms with E-state index in [-0.39, 0.29) is 0 Å². The Morgan fingerprint density at radius 2 is 2.14 bits per heavy atom. The average Bonchev–Trinajstić information content (AvgIpc) is 2.72. The van der Waals surface area contributed by atoms with Gasteiger partial charge in [0.15, 0.2) is 0 Å². The molecule has 1 aliphatic rings. The summed E-state index contributed by atoms with van der Waals surface area (Å²) in [5.74, 6) is 3.43. The van der Waals surface area contributed by atoms with E-state index in [1.807, 2.05) is 0 Å². The van der Waals surface area contributed by atoms with E-state index in [1.54, 1.807) is 0 Å². The van der Waals surface area contributed by atoms with Crippen molar-refractivity contribution < 1.29 is 0 Å². The van der Waals surface area contributed by atoms with Gasteiger partial charge in [-0.2, -0.15) is 0 Å². The van der Waals surface area contributed by atoms with Crippen molar-refractivity contribution in [3.8, 4) is 0 Å². The van der Waals surface area contributed by atoms with Crippen LogP contribution in [-0.4, -0.2) is 14.8 Å². The second-order valence-electron chi connectivity index (χ2n) is 4.46. The summed E-state index contributed by atoms with van der Waals surface area (Å²) in [6, 6.07) is 0.409. The minimum absolute atomic E-state index is 0.409. The quantitative estimate of drug-likeness (QED) is 0.792. The van der Waals surface area contributed by atoms with Crippen molar-refractivity contribution in [2.24, 2.45) is 11.7 Å². The lowest BCUT2D eigenvalue weighted by Gasteiger charge is -2.12. The number of nitrogens with two attached hydrogens (primary N) is 1. The van der Waals surface area contributed by atoms with Crippen LogP contribution in [0, 0.1) is 5.92 Å². The van der Waals surface area contributed by atoms with E-state index in [1.165, 1.54) is 6.42 Å². The van der Waals surface area contributed by atoms with Gasteiger partial charge in [0.25, 0.3) is 0 Å². The van der Waals surface area contributed by atoms with Gasteiger partial charge in [0, 0.05) is 12.0 Å². The van der Waals surface area contributed by atoms with Gasteiger partial charge in [-0.05, 0) is 26.2 Å². The van der Waals surface area contributed by atoms with Gasteiger partial charge in [-0.1, -0.05) is 6.92 Å². The van der Waals surface area contributed by atoms with E-state index < -0.39 is 0 Å². The molecule has 0 saturated heterocycles. The molecule has 1 heterocycles. The van der Waals surface area contributed by atoms with Gasteiger partial charge in [0.1, 0.15) is 11.6 Å². The molecule has 0 amide bonds. The molecule has 2 rings (SSSR count). The summed E-state index contributed by atoms with van der Waals surface area (Å²) in [5, 5.41) is 8.39. The molecule has 1 saturated carbocycles. The van der Waals surface area contributed by atoms with Crippen molar-refractivity contribution in [3.63, 3.8) is 0 Å². The molecule has 0 aliphatic heterocycles. The van der Waals surface area contributed by atoms with Gasteiger partial charge in [0.2, 0.25) is 0 Å². The summed E-state index contributed by atoms with van der Waals surface area (Å²) in [6.07, 6.45) is 1.25. The third-order valence-electron chi connectivity index (χ3n) is 2.93. The number of aromatic nitrogens is 3. The minimum atomic E-state index is 0.409. The third-order valence-corrected chi connectivity index (χ3v) is 2.93. The third kappa shape index (κ3) is 1.43. The van der Waals surface area contributed by atoms with Crippen molar-refractivity contribution in [2.75, 3.05) is 0 Å². The molecule has 4 nitrogen and oxygen atoms in total. The molecule has 0 spiro atoms. The second kappa shape index (κ2) is 3.35. The van der Waals surface area contributed by atoms with E-state index in [2.05, 4.69) is 35.5 Å². The Balaban J connectivity index is 2.35. The SMILES string of the molecule is CC1CC1c1nnc(CN)n1C(C)C. The molecule has 14 heavy (non-hydrogen) atoms. The maximum atomic E-state index is 5.63. The molecule has 1 aromatic heterocycles. The highest BCUT2D eigenvalue weighted by Crippen LogP contribution is 2.46. The molecule has 1 fully saturated rings. The van der Waals surface area contributed by atoms with Crippen molar-refractivity contribution in [3.05, 3.63) is 11.6 Å². The number of nitrogens with zero attached hydrogens (tertiary/aromatic N) is 3. The standard InChI is InChI=1S/C10H18N4/c1-6(2)14-9(5-11)12-13-10(14)8-4-7(8)3/h6-8H,4-5,11H2,1-3H3. The lowest BCUT2D eigenvalue weighted by Crippen LogP contribution is -2.13. The highest BCUT2D eigenvalue weighted by molar-refractivity contribution is 5.12. The van der Waals surface area contributed by atoms with Crippen LogP contribution in [0.25, 0.3) is 0 Å². The number of rotatable bonds is 3. The topological polar surface area (TPSA) is 56.7 Å². The largest absolute Gasteiger partial charge is 0.324 e. The van der Waals surface area contributed by atoms with E-state index >= 15 is 0 Å². The fourth-order valence-electron chi connectivity index (χ4n) is 1.97. The fourth-order valence-corrected chi connectivity index (χ4v) is 1.97. The first-order valence-corrected chi connectivity index (χ1v) is 5.28. The van der Waals surface area contributed by atoms with Gasteiger partial charge >= 0.3 is 0 Å². The molecular weight excluding hydrogens is 176 g/mol. The Labute approximate surface area is 84.5 Å². The minimum Gasteiger partial charge on any atom is -0.324 e. The monoisotopic (exact) mass is 194 g/mol. The maximum absolute atomic E-state index is 5.63. The molecule has 2 unspecified atom stereocenters. The van der Waals surface area contributed by atoms with Crippen LogP contribution in [0.2, 0.25) is 0 Å². The lowest BCUT2D eigenvalue weighted by molar-refractivity contribution is 0.540. The predicted molar refractivity (Wildman–Crippen MR) is 54.8 cm³/mol. The number of hydrogen-bond acceptors (Lipinski definition) is 3. The van der Waals surface area contributed by atoms with Crippen molar-refractivity contribution >= 4 is 0 Å². The van der Waals surface area contributed by atoms with Crippen LogP contribution in [-0.2, 0) is 6.54 Å². The summed E-state index contributed by atoms with van der Waals surface area (Å²) < 4.78 is 2.19. The smallest absolute Gasteiger partial charge is 0.147 e. The normalized spacial score (nSPS) is 25.8. The summed E-state index contributed by atoms with van der Waals surface area (Å²) in [7, 11) is 0. The van der Waals surface area contributed by atoms with Crippen molar-refractivity contribution in [1.82, 2.24) is 14.8 Å². The molecular formula is C10H18N4. The molecule has 2 atom stereocenters. The Morgan fingerprint density at radius 1 is 1.50 bits per heavy atom. The molecule has 1 aromatic rings. The van der Waals surface area contributed by atoms with Crippen LogP contribution in [0.1, 0.15) is 50.8 Å². The summed E-state index contributed by atoms with van der Waals surface area (Å²) in [5.41, 5.74) is 5.63. The zero-order valence-corrected chi connectivity index (χ0v) is 9.07. The van der Waals surface area contributed by atoms with E-state index in [0.29, 0.717) is 18.5 Å². The van der Waals surface area contributed by atoms with Crippen molar-refractivity contribution in [2.45, 2.75) is 45.7 Å². The number of hydrogen-bond donors (Lipinski definition) is 1. The molecule has 2 N–H and O–H groups in total.